The Balaban J connectivity index is 3.15. The van der Waals surface area contributed by atoms with Crippen molar-refractivity contribution in [2.75, 3.05) is 13.2 Å². The molecule has 0 spiro atoms. The number of carbonyl (C=O) groups is 1. The maximum absolute atomic E-state index is 11.4. The van der Waals surface area contributed by atoms with E-state index >= 15 is 0 Å². The first-order valence-corrected chi connectivity index (χ1v) is 9.47. The standard InChI is InChI=1S/C19H38O3/c1-3-4-5-6-7-8-9-10-11-12-13-14-15-19(21)22-17-18(2)16-20/h18,20H,3-17H2,1-2H3. The van der Waals surface area contributed by atoms with E-state index in [1.165, 1.54) is 64.2 Å². The zero-order chi connectivity index (χ0) is 16.5. The van der Waals surface area contributed by atoms with Gasteiger partial charge in [0, 0.05) is 18.9 Å². The van der Waals surface area contributed by atoms with Gasteiger partial charge < -0.3 is 9.84 Å². The van der Waals surface area contributed by atoms with Gasteiger partial charge >= 0.3 is 5.97 Å². The average molecular weight is 315 g/mol. The molecule has 0 aliphatic carbocycles. The molecule has 0 amide bonds. The summed E-state index contributed by atoms with van der Waals surface area (Å²) < 4.78 is 5.10. The lowest BCUT2D eigenvalue weighted by atomic mass is 10.0. The fraction of sp³-hybridized carbons (Fsp3) is 0.947. The Morgan fingerprint density at radius 2 is 1.32 bits per heavy atom. The highest BCUT2D eigenvalue weighted by atomic mass is 16.5. The van der Waals surface area contributed by atoms with Gasteiger partial charge in [0.15, 0.2) is 0 Å². The third kappa shape index (κ3) is 15.8. The van der Waals surface area contributed by atoms with E-state index in [1.807, 2.05) is 6.92 Å². The number of hydrogen-bond acceptors (Lipinski definition) is 3. The second kappa shape index (κ2) is 16.8. The van der Waals surface area contributed by atoms with Crippen molar-refractivity contribution < 1.29 is 14.6 Å². The molecule has 0 radical (unpaired) electrons. The van der Waals surface area contributed by atoms with Crippen LogP contribution in [0.15, 0.2) is 0 Å². The van der Waals surface area contributed by atoms with Crippen LogP contribution in [0, 0.1) is 5.92 Å². The summed E-state index contributed by atoms with van der Waals surface area (Å²) in [5.74, 6) is -0.0710. The van der Waals surface area contributed by atoms with Gasteiger partial charge in [-0.2, -0.15) is 0 Å². The van der Waals surface area contributed by atoms with Crippen LogP contribution < -0.4 is 0 Å². The molecular weight excluding hydrogens is 276 g/mol. The van der Waals surface area contributed by atoms with Gasteiger partial charge in [0.1, 0.15) is 0 Å². The topological polar surface area (TPSA) is 46.5 Å². The molecule has 1 atom stereocenters. The summed E-state index contributed by atoms with van der Waals surface area (Å²) in [6.45, 7) is 4.55. The first kappa shape index (κ1) is 21.4. The first-order chi connectivity index (χ1) is 10.7. The van der Waals surface area contributed by atoms with Crippen LogP contribution in [-0.4, -0.2) is 24.3 Å². The predicted octanol–water partition coefficient (Wildman–Crippen LogP) is 5.25. The number of ether oxygens (including phenoxy) is 1. The smallest absolute Gasteiger partial charge is 0.305 e. The molecule has 0 heterocycles. The van der Waals surface area contributed by atoms with Gasteiger partial charge in [0.05, 0.1) is 6.61 Å². The van der Waals surface area contributed by atoms with Crippen molar-refractivity contribution in [1.82, 2.24) is 0 Å². The lowest BCUT2D eigenvalue weighted by molar-refractivity contribution is -0.145. The van der Waals surface area contributed by atoms with Crippen LogP contribution in [0.5, 0.6) is 0 Å². The van der Waals surface area contributed by atoms with E-state index in [0.717, 1.165) is 12.8 Å². The monoisotopic (exact) mass is 314 g/mol. The number of aliphatic hydroxyl groups is 1. The van der Waals surface area contributed by atoms with Gasteiger partial charge in [-0.15, -0.1) is 0 Å². The van der Waals surface area contributed by atoms with Gasteiger partial charge in [0.25, 0.3) is 0 Å². The van der Waals surface area contributed by atoms with E-state index in [9.17, 15) is 4.79 Å². The van der Waals surface area contributed by atoms with Gasteiger partial charge in [-0.1, -0.05) is 84.5 Å². The third-order valence-electron chi connectivity index (χ3n) is 4.07. The van der Waals surface area contributed by atoms with E-state index < -0.39 is 0 Å². The average Bonchev–Trinajstić information content (AvgIpc) is 2.53. The Morgan fingerprint density at radius 1 is 0.864 bits per heavy atom. The number of hydrogen-bond donors (Lipinski definition) is 1. The van der Waals surface area contributed by atoms with Crippen LogP contribution in [0.2, 0.25) is 0 Å². The van der Waals surface area contributed by atoms with E-state index in [-0.39, 0.29) is 18.5 Å². The molecular formula is C19H38O3. The van der Waals surface area contributed by atoms with Crippen molar-refractivity contribution in [3.63, 3.8) is 0 Å². The van der Waals surface area contributed by atoms with Crippen molar-refractivity contribution in [1.29, 1.82) is 0 Å². The van der Waals surface area contributed by atoms with Crippen LogP contribution in [0.4, 0.5) is 0 Å². The Kier molecular flexibility index (Phi) is 16.4. The van der Waals surface area contributed by atoms with Gasteiger partial charge in [-0.05, 0) is 6.42 Å². The third-order valence-corrected chi connectivity index (χ3v) is 4.07. The highest BCUT2D eigenvalue weighted by Gasteiger charge is 2.06. The Hall–Kier alpha value is -0.570. The molecule has 0 bridgehead atoms. The van der Waals surface area contributed by atoms with E-state index in [2.05, 4.69) is 6.92 Å². The Labute approximate surface area is 137 Å². The fourth-order valence-corrected chi connectivity index (χ4v) is 2.47. The van der Waals surface area contributed by atoms with Crippen LogP contribution in [0.25, 0.3) is 0 Å². The molecule has 1 unspecified atom stereocenters. The minimum absolute atomic E-state index is 0.0472. The molecule has 0 aromatic rings. The van der Waals surface area contributed by atoms with Crippen LogP contribution >= 0.6 is 0 Å². The molecule has 132 valence electrons. The quantitative estimate of drug-likeness (QED) is 0.313. The summed E-state index contributed by atoms with van der Waals surface area (Å²) in [5, 5.41) is 8.84. The molecule has 3 heteroatoms. The molecule has 0 aromatic carbocycles. The number of aliphatic hydroxyl groups excluding tert-OH is 1. The second-order valence-electron chi connectivity index (χ2n) is 6.61. The molecule has 0 aromatic heterocycles. The molecule has 3 nitrogen and oxygen atoms in total. The van der Waals surface area contributed by atoms with Crippen molar-refractivity contribution in [3.8, 4) is 0 Å². The summed E-state index contributed by atoms with van der Waals surface area (Å²) in [6, 6.07) is 0. The number of esters is 1. The number of unbranched alkanes of at least 4 members (excludes halogenated alkanes) is 11. The van der Waals surface area contributed by atoms with Gasteiger partial charge in [0.2, 0.25) is 0 Å². The second-order valence-corrected chi connectivity index (χ2v) is 6.61. The van der Waals surface area contributed by atoms with Crippen LogP contribution in [0.3, 0.4) is 0 Å². The highest BCUT2D eigenvalue weighted by Crippen LogP contribution is 2.12. The van der Waals surface area contributed by atoms with Crippen molar-refractivity contribution in [2.45, 2.75) is 97.3 Å². The summed E-state index contributed by atoms with van der Waals surface area (Å²) in [7, 11) is 0. The minimum Gasteiger partial charge on any atom is -0.465 e. The van der Waals surface area contributed by atoms with E-state index in [0.29, 0.717) is 13.0 Å². The lowest BCUT2D eigenvalue weighted by Crippen LogP contribution is -2.14. The normalized spacial score (nSPS) is 12.3. The number of rotatable bonds is 16. The Bertz CT molecular complexity index is 241. The van der Waals surface area contributed by atoms with Gasteiger partial charge in [-0.25, -0.2) is 0 Å². The maximum atomic E-state index is 11.4. The molecule has 22 heavy (non-hydrogen) atoms. The summed E-state index contributed by atoms with van der Waals surface area (Å²) in [4.78, 5) is 11.4. The minimum atomic E-state index is -0.118. The van der Waals surface area contributed by atoms with E-state index in [1.54, 1.807) is 0 Å². The molecule has 0 rings (SSSR count). The van der Waals surface area contributed by atoms with Crippen molar-refractivity contribution >= 4 is 5.97 Å². The zero-order valence-electron chi connectivity index (χ0n) is 14.9. The van der Waals surface area contributed by atoms with Crippen molar-refractivity contribution in [3.05, 3.63) is 0 Å². The van der Waals surface area contributed by atoms with Crippen LogP contribution in [0.1, 0.15) is 97.3 Å². The first-order valence-electron chi connectivity index (χ1n) is 9.47. The molecule has 0 aliphatic rings. The summed E-state index contributed by atoms with van der Waals surface area (Å²) in [6.07, 6.45) is 16.1. The summed E-state index contributed by atoms with van der Waals surface area (Å²) in [5.41, 5.74) is 0. The van der Waals surface area contributed by atoms with Crippen LogP contribution in [-0.2, 0) is 9.53 Å². The zero-order valence-corrected chi connectivity index (χ0v) is 14.9. The predicted molar refractivity (Wildman–Crippen MR) is 92.9 cm³/mol. The molecule has 0 aliphatic heterocycles. The SMILES string of the molecule is CCCCCCCCCCCCCCC(=O)OCC(C)CO. The summed E-state index contributed by atoms with van der Waals surface area (Å²) >= 11 is 0. The fourth-order valence-electron chi connectivity index (χ4n) is 2.47. The largest absolute Gasteiger partial charge is 0.465 e. The van der Waals surface area contributed by atoms with E-state index in [4.69, 9.17) is 9.84 Å². The molecule has 0 fully saturated rings. The number of carbonyl (C=O) groups excluding carboxylic acids is 1. The lowest BCUT2D eigenvalue weighted by Gasteiger charge is -2.08. The maximum Gasteiger partial charge on any atom is 0.305 e. The molecule has 0 saturated heterocycles. The highest BCUT2D eigenvalue weighted by molar-refractivity contribution is 5.69. The van der Waals surface area contributed by atoms with Crippen molar-refractivity contribution in [2.24, 2.45) is 5.92 Å². The Morgan fingerprint density at radius 3 is 1.77 bits per heavy atom. The molecule has 1 N–H and O–H groups in total. The molecule has 0 saturated carbocycles. The van der Waals surface area contributed by atoms with Gasteiger partial charge in [-0.3, -0.25) is 4.79 Å².